The molecule has 0 saturated carbocycles. The number of nitrogens with one attached hydrogen (secondary N) is 4. The zero-order valence-electron chi connectivity index (χ0n) is 27.1. The topological polar surface area (TPSA) is 229 Å². The van der Waals surface area contributed by atoms with Gasteiger partial charge in [0.25, 0.3) is 12.4 Å². The molecule has 5 amide bonds. The predicted octanol–water partition coefficient (Wildman–Crippen LogP) is -0.703. The smallest absolute Gasteiger partial charge is 0.290 e. The lowest BCUT2D eigenvalue weighted by Gasteiger charge is -2.26. The maximum absolute atomic E-state index is 13.2. The van der Waals surface area contributed by atoms with Crippen molar-refractivity contribution in [2.45, 2.75) is 84.0 Å². The number of fused-ring (bicyclic) bond motifs is 2. The molecular weight excluding hydrogens is 600 g/mol. The molecule has 0 aliphatic carbocycles. The lowest BCUT2D eigenvalue weighted by Crippen LogP contribution is -2.57. The minimum absolute atomic E-state index is 0.0395. The van der Waals surface area contributed by atoms with E-state index in [1.165, 1.54) is 6.92 Å². The van der Waals surface area contributed by atoms with Crippen LogP contribution in [0.2, 0.25) is 0 Å². The number of carboxylic acid groups (broad SMARTS) is 1. The van der Waals surface area contributed by atoms with Gasteiger partial charge in [0.1, 0.15) is 17.8 Å². The Balaban J connectivity index is 0.00000338. The quantitative estimate of drug-likeness (QED) is 0.203. The van der Waals surface area contributed by atoms with Crippen LogP contribution in [0.25, 0.3) is 0 Å². The number of nitrogens with zero attached hydrogens (tertiary/aromatic N) is 1. The van der Waals surface area contributed by atoms with Crippen molar-refractivity contribution in [3.8, 4) is 5.75 Å². The van der Waals surface area contributed by atoms with Crippen LogP contribution in [0.1, 0.15) is 58.9 Å². The van der Waals surface area contributed by atoms with E-state index in [1.807, 2.05) is 13.8 Å². The zero-order valence-corrected chi connectivity index (χ0v) is 27.1. The molecule has 1 aliphatic heterocycles. The number of aliphatic hydroxyl groups excluding tert-OH is 1. The predicted molar refractivity (Wildman–Crippen MR) is 169 cm³/mol. The van der Waals surface area contributed by atoms with Crippen molar-refractivity contribution in [1.29, 1.82) is 0 Å². The number of carbonyl (C=O) groups is 6. The van der Waals surface area contributed by atoms with E-state index in [-0.39, 0.29) is 43.8 Å². The third-order valence-electron chi connectivity index (χ3n) is 6.84. The van der Waals surface area contributed by atoms with E-state index in [4.69, 9.17) is 20.4 Å². The molecule has 0 radical (unpaired) electrons. The molecular formula is C31H50N6O9. The fourth-order valence-electron chi connectivity index (χ4n) is 4.60. The van der Waals surface area contributed by atoms with Crippen LogP contribution in [-0.2, 0) is 35.2 Å². The van der Waals surface area contributed by atoms with E-state index in [2.05, 4.69) is 21.3 Å². The lowest BCUT2D eigenvalue weighted by molar-refractivity contribution is -0.134. The lowest BCUT2D eigenvalue weighted by atomic mass is 10.0. The maximum Gasteiger partial charge on any atom is 0.290 e. The Morgan fingerprint density at radius 2 is 1.65 bits per heavy atom. The van der Waals surface area contributed by atoms with Gasteiger partial charge in [0, 0.05) is 26.2 Å². The summed E-state index contributed by atoms with van der Waals surface area (Å²) in [7, 11) is 0. The monoisotopic (exact) mass is 650 g/mol. The van der Waals surface area contributed by atoms with Gasteiger partial charge < -0.3 is 46.9 Å². The molecule has 1 aromatic carbocycles. The first-order chi connectivity index (χ1) is 21.8. The van der Waals surface area contributed by atoms with Crippen molar-refractivity contribution >= 4 is 36.0 Å². The van der Waals surface area contributed by atoms with E-state index >= 15 is 0 Å². The largest absolute Gasteiger partial charge is 0.484 e. The summed E-state index contributed by atoms with van der Waals surface area (Å²) in [5.41, 5.74) is 6.44. The summed E-state index contributed by atoms with van der Waals surface area (Å²) in [4.78, 5) is 73.9. The third kappa shape index (κ3) is 15.7. The number of hydrogen-bond donors (Lipinski definition) is 7. The molecule has 2 rings (SSSR count). The summed E-state index contributed by atoms with van der Waals surface area (Å²) in [6.07, 6.45) is 0.726. The van der Waals surface area contributed by atoms with Gasteiger partial charge in [0.05, 0.1) is 18.6 Å². The molecule has 4 atom stereocenters. The normalized spacial score (nSPS) is 21.0. The highest BCUT2D eigenvalue weighted by atomic mass is 16.5. The number of amides is 5. The molecule has 0 fully saturated rings. The average molecular weight is 651 g/mol. The van der Waals surface area contributed by atoms with Crippen molar-refractivity contribution in [3.05, 3.63) is 29.8 Å². The van der Waals surface area contributed by atoms with Crippen LogP contribution in [0.3, 0.4) is 0 Å². The summed E-state index contributed by atoms with van der Waals surface area (Å²) in [6, 6.07) is 3.93. The van der Waals surface area contributed by atoms with Gasteiger partial charge in [0.15, 0.2) is 6.61 Å². The SMILES string of the molecule is CC(C)C[C@H]1NC(=O)Cc2cccc(c2)OCC(=O)NCCCN(C(=O)[C@H](C)N)CCCCNC(=O)[C@H]([C@@H](C)O)NC1=O.O=CO. The van der Waals surface area contributed by atoms with Gasteiger partial charge in [-0.15, -0.1) is 0 Å². The molecule has 1 aliphatic rings. The third-order valence-corrected chi connectivity index (χ3v) is 6.84. The first kappa shape index (κ1) is 39.8. The second-order valence-corrected chi connectivity index (χ2v) is 11.5. The zero-order chi connectivity index (χ0) is 34.6. The average Bonchev–Trinajstić information content (AvgIpc) is 2.98. The van der Waals surface area contributed by atoms with Crippen LogP contribution in [0.15, 0.2) is 24.3 Å². The molecule has 0 unspecified atom stereocenters. The van der Waals surface area contributed by atoms with Gasteiger partial charge in [-0.1, -0.05) is 26.0 Å². The fraction of sp³-hybridized carbons (Fsp3) is 0.613. The number of rotatable bonds is 4. The molecule has 15 nitrogen and oxygen atoms in total. The Morgan fingerprint density at radius 3 is 2.28 bits per heavy atom. The molecule has 0 saturated heterocycles. The number of ether oxygens (including phenoxy) is 1. The van der Waals surface area contributed by atoms with Crippen LogP contribution >= 0.6 is 0 Å². The molecule has 0 spiro atoms. The first-order valence-electron chi connectivity index (χ1n) is 15.4. The molecule has 15 heteroatoms. The van der Waals surface area contributed by atoms with Crippen molar-refractivity contribution in [2.24, 2.45) is 11.7 Å². The molecule has 8 N–H and O–H groups in total. The van der Waals surface area contributed by atoms with Gasteiger partial charge in [-0.05, 0) is 63.1 Å². The summed E-state index contributed by atoms with van der Waals surface area (Å²) < 4.78 is 5.61. The van der Waals surface area contributed by atoms with E-state index in [0.29, 0.717) is 56.6 Å². The molecule has 1 aromatic rings. The summed E-state index contributed by atoms with van der Waals surface area (Å²) >= 11 is 0. The molecule has 46 heavy (non-hydrogen) atoms. The minimum atomic E-state index is -1.22. The standard InChI is InChI=1S/C30H48N6O7.CH2O2/c1-19(2)15-24-28(40)35-27(21(4)37)29(41)33-11-5-6-13-36(30(42)20(3)31)14-8-12-32-26(39)18-43-23-10-7-9-22(16-23)17-25(38)34-24;2-1-3/h7,9-10,16,19-21,24,27,37H,5-6,8,11-15,17-18,31H2,1-4H3,(H,32,39)(H,33,41)(H,34,38)(H,35,40);1H,(H,2,3)/t20-,21+,24+,27-;/m0./s1. The molecule has 0 aromatic heterocycles. The fourth-order valence-corrected chi connectivity index (χ4v) is 4.60. The van der Waals surface area contributed by atoms with E-state index in [0.717, 1.165) is 0 Å². The van der Waals surface area contributed by atoms with Crippen LogP contribution in [0.5, 0.6) is 5.75 Å². The van der Waals surface area contributed by atoms with Crippen molar-refractivity contribution < 1.29 is 43.7 Å². The molecule has 258 valence electrons. The highest BCUT2D eigenvalue weighted by Gasteiger charge is 2.30. The van der Waals surface area contributed by atoms with Crippen LogP contribution in [0, 0.1) is 5.92 Å². The number of aliphatic hydroxyl groups is 1. The van der Waals surface area contributed by atoms with Gasteiger partial charge in [-0.3, -0.25) is 28.8 Å². The van der Waals surface area contributed by atoms with Crippen molar-refractivity contribution in [2.75, 3.05) is 32.8 Å². The Hall–Kier alpha value is -4.24. The number of carbonyl (C=O) groups excluding carboxylic acids is 5. The number of hydrogen-bond acceptors (Lipinski definition) is 9. The first-order valence-corrected chi connectivity index (χ1v) is 15.4. The Morgan fingerprint density at radius 1 is 1.00 bits per heavy atom. The van der Waals surface area contributed by atoms with Crippen molar-refractivity contribution in [3.63, 3.8) is 0 Å². The second kappa shape index (κ2) is 21.5. The summed E-state index contributed by atoms with van der Waals surface area (Å²) in [5, 5.41) is 28.0. The molecule has 1 heterocycles. The van der Waals surface area contributed by atoms with Crippen LogP contribution in [-0.4, -0.2) is 108 Å². The van der Waals surface area contributed by atoms with E-state index < -0.39 is 42.0 Å². The van der Waals surface area contributed by atoms with Gasteiger partial charge in [0.2, 0.25) is 23.6 Å². The second-order valence-electron chi connectivity index (χ2n) is 11.5. The van der Waals surface area contributed by atoms with Crippen LogP contribution in [0.4, 0.5) is 0 Å². The highest BCUT2D eigenvalue weighted by molar-refractivity contribution is 5.92. The summed E-state index contributed by atoms with van der Waals surface area (Å²) in [6.45, 7) is 7.78. The minimum Gasteiger partial charge on any atom is -0.484 e. The Bertz CT molecular complexity index is 1150. The highest BCUT2D eigenvalue weighted by Crippen LogP contribution is 2.14. The Labute approximate surface area is 270 Å². The summed E-state index contributed by atoms with van der Waals surface area (Å²) in [5.74, 6) is -1.60. The number of nitrogens with two attached hydrogens (primary N) is 1. The number of benzene rings is 1. The van der Waals surface area contributed by atoms with E-state index in [1.54, 1.807) is 36.1 Å². The van der Waals surface area contributed by atoms with Gasteiger partial charge in [-0.2, -0.15) is 0 Å². The molecule has 2 bridgehead atoms. The van der Waals surface area contributed by atoms with Gasteiger partial charge >= 0.3 is 0 Å². The van der Waals surface area contributed by atoms with E-state index in [9.17, 15) is 29.1 Å². The van der Waals surface area contributed by atoms with Crippen LogP contribution < -0.4 is 31.7 Å². The van der Waals surface area contributed by atoms with Gasteiger partial charge in [-0.25, -0.2) is 0 Å². The van der Waals surface area contributed by atoms with Crippen molar-refractivity contribution in [1.82, 2.24) is 26.2 Å². The maximum atomic E-state index is 13.2. The Kier molecular flexibility index (Phi) is 18.6.